The number of hydrogen-bond donors (Lipinski definition) is 2. The van der Waals surface area contributed by atoms with Gasteiger partial charge in [-0.2, -0.15) is 0 Å². The van der Waals surface area contributed by atoms with Crippen molar-refractivity contribution in [2.24, 2.45) is 4.99 Å². The van der Waals surface area contributed by atoms with E-state index in [1.165, 1.54) is 34.4 Å². The lowest BCUT2D eigenvalue weighted by Gasteiger charge is -2.12. The van der Waals surface area contributed by atoms with Gasteiger partial charge in [0, 0.05) is 5.56 Å². The predicted molar refractivity (Wildman–Crippen MR) is 143 cm³/mol. The molecule has 3 aromatic rings. The predicted octanol–water partition coefficient (Wildman–Crippen LogP) is 6.83. The Hall–Kier alpha value is -3.23. The van der Waals surface area contributed by atoms with Crippen LogP contribution in [-0.4, -0.2) is 22.2 Å². The van der Waals surface area contributed by atoms with Gasteiger partial charge in [0.25, 0.3) is 5.91 Å². The zero-order valence-electron chi connectivity index (χ0n) is 19.2. The molecule has 1 fully saturated rings. The molecule has 0 bridgehead atoms. The molecule has 1 saturated heterocycles. The van der Waals surface area contributed by atoms with Gasteiger partial charge in [-0.05, 0) is 78.6 Å². The van der Waals surface area contributed by atoms with Crippen molar-refractivity contribution in [2.45, 2.75) is 25.6 Å². The van der Waals surface area contributed by atoms with Crippen molar-refractivity contribution in [1.82, 2.24) is 5.32 Å². The number of aryl methyl sites for hydroxylation is 3. The number of nitrogens with one attached hydrogen (secondary N) is 1. The smallest absolute Gasteiger partial charge is 0.321 e. The lowest BCUT2D eigenvalue weighted by atomic mass is 9.93. The van der Waals surface area contributed by atoms with E-state index in [1.807, 2.05) is 24.3 Å². The summed E-state index contributed by atoms with van der Waals surface area (Å²) in [5.74, 6) is -2.17. The molecule has 0 spiro atoms. The Kier molecular flexibility index (Phi) is 7.23. The molecule has 4 rings (SSSR count). The second-order valence-electron chi connectivity index (χ2n) is 8.28. The van der Waals surface area contributed by atoms with Gasteiger partial charge in [-0.3, -0.25) is 9.59 Å². The molecule has 0 aromatic heterocycles. The summed E-state index contributed by atoms with van der Waals surface area (Å²) in [5.41, 5.74) is 7.16. The molecule has 1 unspecified atom stereocenters. The normalized spacial score (nSPS) is 16.5. The highest BCUT2D eigenvalue weighted by Crippen LogP contribution is 2.32. The molecule has 5 nitrogen and oxygen atoms in total. The van der Waals surface area contributed by atoms with Gasteiger partial charge in [0.05, 0.1) is 10.6 Å². The summed E-state index contributed by atoms with van der Waals surface area (Å²) in [5, 5.41) is 12.1. The number of carboxylic acid groups (broad SMARTS) is 1. The number of thioether (sulfide) groups is 1. The van der Waals surface area contributed by atoms with E-state index in [1.54, 1.807) is 6.08 Å². The van der Waals surface area contributed by atoms with Crippen molar-refractivity contribution in [3.05, 3.63) is 93.1 Å². The number of halogens is 2. The van der Waals surface area contributed by atoms with E-state index in [0.29, 0.717) is 10.1 Å². The number of carboxylic acids is 1. The van der Waals surface area contributed by atoms with Gasteiger partial charge in [0.2, 0.25) is 0 Å². The number of nitrogens with zero attached hydrogens (tertiary/aromatic N) is 1. The minimum atomic E-state index is -1.19. The molecule has 8 heteroatoms. The number of aliphatic imine (C=N–C) groups is 1. The van der Waals surface area contributed by atoms with E-state index < -0.39 is 16.6 Å². The summed E-state index contributed by atoms with van der Waals surface area (Å²) in [6, 6.07) is 16.4. The van der Waals surface area contributed by atoms with Gasteiger partial charge in [-0.15, -0.1) is 0 Å². The van der Waals surface area contributed by atoms with Gasteiger partial charge >= 0.3 is 5.97 Å². The SMILES string of the molecule is Cc1cc(C)c(-c2ccc(/C=C3\SC(=Nc4ccc(C(Br)C(=O)O)c(F)c4)NC3=O)cc2)c(C)c1. The Labute approximate surface area is 215 Å². The Bertz CT molecular complexity index is 1380. The number of hydrogen-bond acceptors (Lipinski definition) is 4. The Morgan fingerprint density at radius 1 is 1.09 bits per heavy atom. The van der Waals surface area contributed by atoms with Gasteiger partial charge in [0.15, 0.2) is 5.17 Å². The second kappa shape index (κ2) is 10.2. The second-order valence-corrected chi connectivity index (χ2v) is 10.2. The van der Waals surface area contributed by atoms with Gasteiger partial charge in [-0.1, -0.05) is 64.0 Å². The number of aliphatic carboxylic acids is 1. The highest BCUT2D eigenvalue weighted by molar-refractivity contribution is 9.09. The summed E-state index contributed by atoms with van der Waals surface area (Å²) < 4.78 is 14.3. The first-order chi connectivity index (χ1) is 16.6. The lowest BCUT2D eigenvalue weighted by molar-refractivity contribution is -0.136. The zero-order chi connectivity index (χ0) is 25.3. The minimum absolute atomic E-state index is 0.00428. The summed E-state index contributed by atoms with van der Waals surface area (Å²) in [4.78, 5) is 27.1. The number of carbonyl (C=O) groups is 2. The third-order valence-electron chi connectivity index (χ3n) is 5.53. The molecular weight excluding hydrogens is 531 g/mol. The maximum atomic E-state index is 14.3. The molecule has 1 aliphatic rings. The van der Waals surface area contributed by atoms with Crippen LogP contribution in [0, 0.1) is 26.6 Å². The maximum absolute atomic E-state index is 14.3. The van der Waals surface area contributed by atoms with Gasteiger partial charge < -0.3 is 10.4 Å². The van der Waals surface area contributed by atoms with E-state index in [9.17, 15) is 14.0 Å². The molecular formula is C27H22BrFN2O3S. The van der Waals surface area contributed by atoms with Crippen LogP contribution >= 0.6 is 27.7 Å². The minimum Gasteiger partial charge on any atom is -0.480 e. The molecule has 1 atom stereocenters. The highest BCUT2D eigenvalue weighted by atomic mass is 79.9. The molecule has 0 radical (unpaired) electrons. The van der Waals surface area contributed by atoms with Crippen LogP contribution in [0.3, 0.4) is 0 Å². The summed E-state index contributed by atoms with van der Waals surface area (Å²) in [6.07, 6.45) is 1.78. The molecule has 35 heavy (non-hydrogen) atoms. The summed E-state index contributed by atoms with van der Waals surface area (Å²) in [7, 11) is 0. The van der Waals surface area contributed by atoms with Crippen LogP contribution in [0.1, 0.15) is 32.6 Å². The molecule has 1 aliphatic heterocycles. The number of amidine groups is 1. The van der Waals surface area contributed by atoms with Crippen LogP contribution in [-0.2, 0) is 9.59 Å². The number of rotatable bonds is 5. The lowest BCUT2D eigenvalue weighted by Crippen LogP contribution is -2.19. The number of benzene rings is 3. The number of amides is 1. The Balaban J connectivity index is 1.53. The Morgan fingerprint density at radius 2 is 1.74 bits per heavy atom. The van der Waals surface area contributed by atoms with E-state index in [-0.39, 0.29) is 17.2 Å². The Morgan fingerprint density at radius 3 is 2.34 bits per heavy atom. The monoisotopic (exact) mass is 552 g/mol. The fraction of sp³-hybridized carbons (Fsp3) is 0.148. The molecule has 178 valence electrons. The molecule has 0 saturated carbocycles. The zero-order valence-corrected chi connectivity index (χ0v) is 21.6. The van der Waals surface area contributed by atoms with E-state index >= 15 is 0 Å². The van der Waals surface area contributed by atoms with E-state index in [2.05, 4.69) is 59.1 Å². The van der Waals surface area contributed by atoms with Crippen molar-refractivity contribution < 1.29 is 19.1 Å². The quantitative estimate of drug-likeness (QED) is 0.268. The van der Waals surface area contributed by atoms with Crippen molar-refractivity contribution in [3.63, 3.8) is 0 Å². The standard InChI is InChI=1S/C27H22BrFN2O3S/c1-14-10-15(2)23(16(3)11-14)18-6-4-17(5-7-18)12-22-25(32)31-27(35-22)30-19-8-9-20(21(29)13-19)24(28)26(33)34/h4-13,24H,1-3H3,(H,33,34)(H,30,31,32)/b22-12-. The highest BCUT2D eigenvalue weighted by Gasteiger charge is 2.24. The molecule has 1 amide bonds. The van der Waals surface area contributed by atoms with Crippen LogP contribution in [0.2, 0.25) is 0 Å². The first kappa shape index (κ1) is 24.9. The van der Waals surface area contributed by atoms with Crippen LogP contribution in [0.5, 0.6) is 0 Å². The first-order valence-electron chi connectivity index (χ1n) is 10.8. The summed E-state index contributed by atoms with van der Waals surface area (Å²) >= 11 is 4.11. The molecule has 3 aromatic carbocycles. The van der Waals surface area contributed by atoms with Gasteiger partial charge in [0.1, 0.15) is 10.6 Å². The largest absolute Gasteiger partial charge is 0.480 e. The third-order valence-corrected chi connectivity index (χ3v) is 7.32. The summed E-state index contributed by atoms with van der Waals surface area (Å²) in [6.45, 7) is 6.30. The molecule has 2 N–H and O–H groups in total. The van der Waals surface area contributed by atoms with E-state index in [0.717, 1.165) is 29.0 Å². The van der Waals surface area contributed by atoms with Crippen LogP contribution < -0.4 is 5.32 Å². The fourth-order valence-electron chi connectivity index (χ4n) is 4.05. The van der Waals surface area contributed by atoms with Gasteiger partial charge in [-0.25, -0.2) is 9.38 Å². The molecule has 1 heterocycles. The first-order valence-corrected chi connectivity index (χ1v) is 12.5. The van der Waals surface area contributed by atoms with Crippen LogP contribution in [0.4, 0.5) is 10.1 Å². The van der Waals surface area contributed by atoms with Crippen molar-refractivity contribution in [3.8, 4) is 11.1 Å². The average molecular weight is 553 g/mol. The third kappa shape index (κ3) is 5.55. The van der Waals surface area contributed by atoms with Crippen LogP contribution in [0.25, 0.3) is 17.2 Å². The fourth-order valence-corrected chi connectivity index (χ4v) is 5.27. The number of carbonyl (C=O) groups excluding carboxylic acids is 1. The van der Waals surface area contributed by atoms with Crippen LogP contribution in [0.15, 0.2) is 64.5 Å². The topological polar surface area (TPSA) is 78.8 Å². The molecule has 0 aliphatic carbocycles. The van der Waals surface area contributed by atoms with Crippen molar-refractivity contribution in [1.29, 1.82) is 0 Å². The number of alkyl halides is 1. The van der Waals surface area contributed by atoms with E-state index in [4.69, 9.17) is 5.11 Å². The average Bonchev–Trinajstić information content (AvgIpc) is 3.12. The van der Waals surface area contributed by atoms with Crippen molar-refractivity contribution >= 4 is 56.5 Å². The van der Waals surface area contributed by atoms with Crippen molar-refractivity contribution in [2.75, 3.05) is 0 Å². The maximum Gasteiger partial charge on any atom is 0.321 e.